The van der Waals surface area contributed by atoms with E-state index >= 15 is 0 Å². The first-order valence-corrected chi connectivity index (χ1v) is 11.9. The Morgan fingerprint density at radius 2 is 1.61 bits per heavy atom. The lowest BCUT2D eigenvalue weighted by Gasteiger charge is -2.24. The summed E-state index contributed by atoms with van der Waals surface area (Å²) < 4.78 is 32.2. The molecule has 1 rings (SSSR count). The van der Waals surface area contributed by atoms with Crippen molar-refractivity contribution in [3.63, 3.8) is 0 Å². The molecule has 1 N–H and O–H groups in total. The van der Waals surface area contributed by atoms with Crippen molar-refractivity contribution in [2.24, 2.45) is 5.92 Å². The maximum atomic E-state index is 11.9. The molecule has 1 unspecified atom stereocenters. The summed E-state index contributed by atoms with van der Waals surface area (Å²) in [5, 5.41) is 3.26. The van der Waals surface area contributed by atoms with Crippen LogP contribution in [0.15, 0.2) is 0 Å². The third-order valence-electron chi connectivity index (χ3n) is 4.56. The summed E-state index contributed by atoms with van der Waals surface area (Å²) in [7, 11) is 2.31. The molecule has 0 radical (unpaired) electrons. The summed E-state index contributed by atoms with van der Waals surface area (Å²) in [6, 6.07) is 0.724. The number of esters is 1. The SMILES string of the molecule is CO[Si](CCCNCC(C)C(=O)OCCOCCOCCN1CC1)(OC)OC. The van der Waals surface area contributed by atoms with E-state index in [0.717, 1.165) is 32.2 Å². The van der Waals surface area contributed by atoms with Crippen LogP contribution in [-0.2, 0) is 32.3 Å². The monoisotopic (exact) mass is 422 g/mol. The van der Waals surface area contributed by atoms with Gasteiger partial charge in [-0.3, -0.25) is 9.69 Å². The minimum atomic E-state index is -2.51. The first-order chi connectivity index (χ1) is 13.6. The Hall–Kier alpha value is -0.593. The highest BCUT2D eigenvalue weighted by atomic mass is 28.4. The van der Waals surface area contributed by atoms with Gasteiger partial charge in [-0.2, -0.15) is 0 Å². The van der Waals surface area contributed by atoms with Gasteiger partial charge in [-0.1, -0.05) is 6.92 Å². The number of rotatable bonds is 19. The van der Waals surface area contributed by atoms with Gasteiger partial charge < -0.3 is 32.8 Å². The first-order valence-electron chi connectivity index (χ1n) is 9.97. The number of carbonyl (C=O) groups excluding carboxylic acids is 1. The van der Waals surface area contributed by atoms with Crippen molar-refractivity contribution < 1.29 is 32.3 Å². The molecule has 1 heterocycles. The van der Waals surface area contributed by atoms with Crippen LogP contribution in [0.3, 0.4) is 0 Å². The van der Waals surface area contributed by atoms with Gasteiger partial charge in [0.25, 0.3) is 0 Å². The molecule has 9 nitrogen and oxygen atoms in total. The second-order valence-corrected chi connectivity index (χ2v) is 9.83. The maximum absolute atomic E-state index is 11.9. The molecule has 1 fully saturated rings. The molecule has 0 aromatic rings. The lowest BCUT2D eigenvalue weighted by molar-refractivity contribution is -0.149. The van der Waals surface area contributed by atoms with Crippen LogP contribution in [0.2, 0.25) is 6.04 Å². The molecular weight excluding hydrogens is 384 g/mol. The number of hydrogen-bond donors (Lipinski definition) is 1. The highest BCUT2D eigenvalue weighted by molar-refractivity contribution is 6.60. The molecule has 0 amide bonds. The summed E-state index contributed by atoms with van der Waals surface area (Å²) in [5.41, 5.74) is 0. The van der Waals surface area contributed by atoms with Crippen molar-refractivity contribution in [3.8, 4) is 0 Å². The van der Waals surface area contributed by atoms with E-state index in [-0.39, 0.29) is 18.5 Å². The Morgan fingerprint density at radius 3 is 2.21 bits per heavy atom. The molecule has 0 saturated carbocycles. The first kappa shape index (κ1) is 25.4. The van der Waals surface area contributed by atoms with Crippen LogP contribution in [0.25, 0.3) is 0 Å². The molecule has 0 aliphatic carbocycles. The zero-order chi connectivity index (χ0) is 20.7. The van der Waals surface area contributed by atoms with Gasteiger partial charge in [-0.05, 0) is 13.0 Å². The maximum Gasteiger partial charge on any atom is 0.500 e. The van der Waals surface area contributed by atoms with E-state index in [0.29, 0.717) is 26.4 Å². The number of nitrogens with zero attached hydrogens (tertiary/aromatic N) is 1. The zero-order valence-corrected chi connectivity index (χ0v) is 18.9. The lowest BCUT2D eigenvalue weighted by Crippen LogP contribution is -2.43. The number of ether oxygens (including phenoxy) is 3. The number of nitrogens with one attached hydrogen (secondary N) is 1. The standard InChI is InChI=1S/C18H38N2O7Si/c1-17(16-19-6-5-15-28(22-2,23-3)24-4)18(21)27-14-13-26-12-11-25-10-9-20-7-8-20/h17,19H,5-16H2,1-4H3. The predicted octanol–water partition coefficient (Wildman–Crippen LogP) is 0.372. The quantitative estimate of drug-likeness (QED) is 0.137. The van der Waals surface area contributed by atoms with Crippen LogP contribution < -0.4 is 5.32 Å². The fraction of sp³-hybridized carbons (Fsp3) is 0.944. The number of hydrogen-bond acceptors (Lipinski definition) is 9. The molecule has 0 aromatic heterocycles. The van der Waals surface area contributed by atoms with Crippen LogP contribution in [-0.4, -0.2) is 107 Å². The lowest BCUT2D eigenvalue weighted by atomic mass is 10.2. The largest absolute Gasteiger partial charge is 0.500 e. The highest BCUT2D eigenvalue weighted by Crippen LogP contribution is 2.14. The van der Waals surface area contributed by atoms with E-state index in [1.165, 1.54) is 13.1 Å². The average molecular weight is 423 g/mol. The third kappa shape index (κ3) is 11.4. The Balaban J connectivity index is 1.92. The molecule has 0 bridgehead atoms. The third-order valence-corrected chi connectivity index (χ3v) is 7.39. The summed E-state index contributed by atoms with van der Waals surface area (Å²) in [5.74, 6) is -0.435. The molecular formula is C18H38N2O7Si. The molecule has 1 aliphatic heterocycles. The summed E-state index contributed by atoms with van der Waals surface area (Å²) in [6.07, 6.45) is 0.845. The highest BCUT2D eigenvalue weighted by Gasteiger charge is 2.36. The van der Waals surface area contributed by atoms with Gasteiger partial charge in [0.05, 0.1) is 32.3 Å². The summed E-state index contributed by atoms with van der Waals surface area (Å²) in [6.45, 7) is 9.03. The summed E-state index contributed by atoms with van der Waals surface area (Å²) >= 11 is 0. The Morgan fingerprint density at radius 1 is 1.00 bits per heavy atom. The van der Waals surface area contributed by atoms with E-state index < -0.39 is 8.80 Å². The molecule has 10 heteroatoms. The van der Waals surface area contributed by atoms with Crippen LogP contribution in [0.4, 0.5) is 0 Å². The topological polar surface area (TPSA) is 87.5 Å². The van der Waals surface area contributed by atoms with Crippen LogP contribution in [0, 0.1) is 5.92 Å². The van der Waals surface area contributed by atoms with Crippen LogP contribution >= 0.6 is 0 Å². The molecule has 1 saturated heterocycles. The van der Waals surface area contributed by atoms with Gasteiger partial charge in [0.15, 0.2) is 0 Å². The van der Waals surface area contributed by atoms with Crippen molar-refractivity contribution in [1.29, 1.82) is 0 Å². The van der Waals surface area contributed by atoms with Crippen molar-refractivity contribution in [3.05, 3.63) is 0 Å². The molecule has 166 valence electrons. The number of carbonyl (C=O) groups is 1. The van der Waals surface area contributed by atoms with E-state index in [4.69, 9.17) is 27.5 Å². The van der Waals surface area contributed by atoms with Gasteiger partial charge in [0.1, 0.15) is 6.61 Å². The van der Waals surface area contributed by atoms with E-state index in [9.17, 15) is 4.79 Å². The predicted molar refractivity (Wildman–Crippen MR) is 107 cm³/mol. The van der Waals surface area contributed by atoms with Crippen molar-refractivity contribution in [2.45, 2.75) is 19.4 Å². The van der Waals surface area contributed by atoms with Gasteiger partial charge in [-0.25, -0.2) is 0 Å². The van der Waals surface area contributed by atoms with E-state index in [1.807, 2.05) is 6.92 Å². The minimum absolute atomic E-state index is 0.213. The van der Waals surface area contributed by atoms with Gasteiger partial charge in [0, 0.05) is 53.6 Å². The molecule has 0 aromatic carbocycles. The minimum Gasteiger partial charge on any atom is -0.463 e. The van der Waals surface area contributed by atoms with Gasteiger partial charge in [0.2, 0.25) is 0 Å². The Bertz CT molecular complexity index is 401. The normalized spacial score (nSPS) is 15.6. The average Bonchev–Trinajstić information content (AvgIpc) is 3.54. The van der Waals surface area contributed by atoms with E-state index in [1.54, 1.807) is 21.3 Å². The van der Waals surface area contributed by atoms with Gasteiger partial charge in [-0.15, -0.1) is 0 Å². The second-order valence-electron chi connectivity index (χ2n) is 6.74. The fourth-order valence-electron chi connectivity index (χ4n) is 2.54. The van der Waals surface area contributed by atoms with Gasteiger partial charge >= 0.3 is 14.8 Å². The molecule has 28 heavy (non-hydrogen) atoms. The van der Waals surface area contributed by atoms with Crippen molar-refractivity contribution in [2.75, 3.05) is 87.1 Å². The fourth-order valence-corrected chi connectivity index (χ4v) is 4.26. The summed E-state index contributed by atoms with van der Waals surface area (Å²) in [4.78, 5) is 14.3. The van der Waals surface area contributed by atoms with Crippen LogP contribution in [0.1, 0.15) is 13.3 Å². The molecule has 0 spiro atoms. The molecule has 1 atom stereocenters. The second kappa shape index (κ2) is 15.3. The smallest absolute Gasteiger partial charge is 0.463 e. The Labute approximate surface area is 170 Å². The molecule has 1 aliphatic rings. The van der Waals surface area contributed by atoms with Crippen molar-refractivity contribution >= 4 is 14.8 Å². The van der Waals surface area contributed by atoms with Crippen LogP contribution in [0.5, 0.6) is 0 Å². The Kier molecular flexibility index (Phi) is 13.9. The zero-order valence-electron chi connectivity index (χ0n) is 17.9. The van der Waals surface area contributed by atoms with E-state index in [2.05, 4.69) is 10.2 Å². The van der Waals surface area contributed by atoms with Crippen molar-refractivity contribution in [1.82, 2.24) is 10.2 Å².